The lowest BCUT2D eigenvalue weighted by molar-refractivity contribution is -0.870. The highest BCUT2D eigenvalue weighted by Crippen LogP contribution is 1.96. The van der Waals surface area contributed by atoms with Gasteiger partial charge >= 0.3 is 8.69 Å². The van der Waals surface area contributed by atoms with E-state index < -0.39 is 0 Å². The summed E-state index contributed by atoms with van der Waals surface area (Å²) in [5.41, 5.74) is 0. The summed E-state index contributed by atoms with van der Waals surface area (Å²) in [7, 11) is 5.96. The van der Waals surface area contributed by atoms with Crippen LogP contribution in [-0.4, -0.2) is 38.8 Å². The Bertz CT molecular complexity index is 92.1. The van der Waals surface area contributed by atoms with Crippen LogP contribution >= 0.6 is 8.69 Å². The van der Waals surface area contributed by atoms with E-state index in [-0.39, 0.29) is 14.8 Å². The average Bonchev–Trinajstić information content (AvgIpc) is 1.63. The molecule has 0 aromatic rings. The third-order valence-electron chi connectivity index (χ3n) is 0.906. The Morgan fingerprint density at radius 2 is 1.90 bits per heavy atom. The smallest absolute Gasteiger partial charge is 0.327 e. The molecule has 0 amide bonds. The van der Waals surface area contributed by atoms with Crippen molar-refractivity contribution >= 4 is 8.69 Å². The molecule has 5 heteroatoms. The van der Waals surface area contributed by atoms with Crippen LogP contribution in [0.5, 0.6) is 0 Å². The van der Waals surface area contributed by atoms with Gasteiger partial charge in [0.2, 0.25) is 0 Å². The van der Waals surface area contributed by atoms with Crippen molar-refractivity contribution < 1.29 is 13.6 Å². The minimum absolute atomic E-state index is 0. The molecule has 0 spiro atoms. The van der Waals surface area contributed by atoms with Gasteiger partial charge in [0, 0.05) is 0 Å². The Balaban J connectivity index is 0. The predicted octanol–water partition coefficient (Wildman–Crippen LogP) is 1.08. The van der Waals surface area contributed by atoms with E-state index in [0.717, 1.165) is 11.0 Å². The first kappa shape index (κ1) is 12.6. The van der Waals surface area contributed by atoms with Crippen LogP contribution in [0.4, 0.5) is 0 Å². The molecule has 4 nitrogen and oxygen atoms in total. The van der Waals surface area contributed by atoms with Gasteiger partial charge in [-0.2, -0.15) is 0 Å². The average molecular weight is 167 g/mol. The molecular weight excluding hydrogens is 151 g/mol. The zero-order valence-electron chi connectivity index (χ0n) is 6.83. The quantitative estimate of drug-likeness (QED) is 0.387. The molecule has 0 fully saturated rings. The van der Waals surface area contributed by atoms with Gasteiger partial charge in [-0.25, -0.2) is 4.57 Å². The van der Waals surface area contributed by atoms with Crippen LogP contribution in [0.15, 0.2) is 0 Å². The molecule has 0 aromatic heterocycles. The first-order chi connectivity index (χ1) is 4.06. The Hall–Kier alpha value is -0.0200. The molecule has 0 aliphatic rings. The third-order valence-corrected chi connectivity index (χ3v) is 1.19. The van der Waals surface area contributed by atoms with Crippen LogP contribution in [-0.2, 0) is 9.09 Å². The molecule has 62 valence electrons. The summed E-state index contributed by atoms with van der Waals surface area (Å²) in [4.78, 5) is 0. The summed E-state index contributed by atoms with van der Waals surface area (Å²) >= 11 is 0. The molecule has 0 bridgehead atoms. The largest absolute Gasteiger partial charge is 0.344 e. The second kappa shape index (κ2) is 5.74. The van der Waals surface area contributed by atoms with Crippen molar-refractivity contribution in [3.8, 4) is 0 Å². The van der Waals surface area contributed by atoms with E-state index in [1.807, 2.05) is 0 Å². The minimum Gasteiger partial charge on any atom is -0.344 e. The fraction of sp³-hybridized carbons (Fsp3) is 1.00. The molecule has 0 aromatic carbocycles. The Kier molecular flexibility index (Phi) is 7.26. The lowest BCUT2D eigenvalue weighted by Crippen LogP contribution is -2.37. The number of nitrogens with zero attached hydrogens (tertiary/aromatic N) is 1. The highest BCUT2D eigenvalue weighted by atomic mass is 31.1. The van der Waals surface area contributed by atoms with Gasteiger partial charge in [-0.1, -0.05) is 0 Å². The first-order valence-corrected chi connectivity index (χ1v) is 3.54. The second-order valence-corrected chi connectivity index (χ2v) is 3.33. The van der Waals surface area contributed by atoms with Crippen molar-refractivity contribution in [1.82, 2.24) is 6.15 Å². The van der Waals surface area contributed by atoms with Gasteiger partial charge in [-0.05, 0) is 0 Å². The summed E-state index contributed by atoms with van der Waals surface area (Å²) in [5.74, 6) is 0. The molecule has 0 rings (SSSR count). The zero-order chi connectivity index (χ0) is 7.33. The summed E-state index contributed by atoms with van der Waals surface area (Å²) in [6.07, 6.45) is 0. The first-order valence-electron chi connectivity index (χ1n) is 2.81. The van der Waals surface area contributed by atoms with E-state index in [0.29, 0.717) is 6.61 Å². The van der Waals surface area contributed by atoms with Crippen LogP contribution in [0.2, 0.25) is 0 Å². The van der Waals surface area contributed by atoms with Gasteiger partial charge in [-0.3, -0.25) is 4.52 Å². The maximum absolute atomic E-state index is 9.76. The Labute approximate surface area is 63.6 Å². The van der Waals surface area contributed by atoms with E-state index in [1.54, 1.807) is 0 Å². The molecule has 0 radical (unpaired) electrons. The van der Waals surface area contributed by atoms with E-state index in [4.69, 9.17) is 0 Å². The molecule has 0 aliphatic heterocycles. The summed E-state index contributed by atoms with van der Waals surface area (Å²) < 4.78 is 15.2. The van der Waals surface area contributed by atoms with Crippen LogP contribution in [0.1, 0.15) is 0 Å². The van der Waals surface area contributed by atoms with Gasteiger partial charge in [0.15, 0.2) is 0 Å². The SMILES string of the molecule is C[N+](C)(C)CCOP=O.N. The molecule has 0 saturated heterocycles. The van der Waals surface area contributed by atoms with Crippen molar-refractivity contribution in [2.45, 2.75) is 0 Å². The van der Waals surface area contributed by atoms with Crippen molar-refractivity contribution in [2.24, 2.45) is 0 Å². The van der Waals surface area contributed by atoms with Crippen LogP contribution in [0.3, 0.4) is 0 Å². The molecule has 0 aliphatic carbocycles. The highest BCUT2D eigenvalue weighted by Gasteiger charge is 2.04. The second-order valence-electron chi connectivity index (χ2n) is 2.92. The number of hydrogen-bond acceptors (Lipinski definition) is 3. The molecular formula is C5H16N2O2P+. The molecule has 10 heavy (non-hydrogen) atoms. The monoisotopic (exact) mass is 167 g/mol. The number of quaternary nitrogens is 1. The van der Waals surface area contributed by atoms with E-state index >= 15 is 0 Å². The molecule has 0 atom stereocenters. The van der Waals surface area contributed by atoms with E-state index in [9.17, 15) is 4.57 Å². The van der Waals surface area contributed by atoms with Gasteiger partial charge < -0.3 is 10.6 Å². The van der Waals surface area contributed by atoms with Gasteiger partial charge in [0.05, 0.1) is 21.1 Å². The fourth-order valence-electron chi connectivity index (χ4n) is 0.352. The Morgan fingerprint density at radius 3 is 2.20 bits per heavy atom. The minimum atomic E-state index is -0.217. The van der Waals surface area contributed by atoms with Crippen LogP contribution in [0, 0.1) is 0 Å². The van der Waals surface area contributed by atoms with E-state index in [1.165, 1.54) is 0 Å². The lowest BCUT2D eigenvalue weighted by atomic mass is 10.5. The molecule has 0 saturated carbocycles. The van der Waals surface area contributed by atoms with Crippen molar-refractivity contribution in [1.29, 1.82) is 0 Å². The maximum atomic E-state index is 9.76. The molecule has 0 heterocycles. The maximum Gasteiger partial charge on any atom is 0.327 e. The fourth-order valence-corrected chi connectivity index (χ4v) is 0.508. The van der Waals surface area contributed by atoms with Gasteiger partial charge in [-0.15, -0.1) is 0 Å². The standard InChI is InChI=1S/C5H13NO2P.H3N/c1-6(2,3)4-5-8-9-7;/h4-5H2,1-3H3;1H3/q+1;. The number of rotatable bonds is 4. The van der Waals surface area contributed by atoms with Gasteiger partial charge in [0.1, 0.15) is 13.2 Å². The predicted molar refractivity (Wildman–Crippen MR) is 41.5 cm³/mol. The van der Waals surface area contributed by atoms with Crippen LogP contribution < -0.4 is 6.15 Å². The number of hydrogen-bond donors (Lipinski definition) is 1. The summed E-state index contributed by atoms with van der Waals surface area (Å²) in [6.45, 7) is 1.43. The molecule has 3 N–H and O–H groups in total. The van der Waals surface area contributed by atoms with Crippen molar-refractivity contribution in [2.75, 3.05) is 34.3 Å². The normalized spacial score (nSPS) is 11.1. The highest BCUT2D eigenvalue weighted by molar-refractivity contribution is 7.17. The number of likely N-dealkylation sites (N-methyl/N-ethyl adjacent to an activating group) is 1. The van der Waals surface area contributed by atoms with Crippen molar-refractivity contribution in [3.63, 3.8) is 0 Å². The zero-order valence-corrected chi connectivity index (χ0v) is 7.73. The summed E-state index contributed by atoms with van der Waals surface area (Å²) in [5, 5.41) is 0. The summed E-state index contributed by atoms with van der Waals surface area (Å²) in [6, 6.07) is 0. The lowest BCUT2D eigenvalue weighted by Gasteiger charge is -2.22. The van der Waals surface area contributed by atoms with E-state index in [2.05, 4.69) is 25.7 Å². The molecule has 0 unspecified atom stereocenters. The van der Waals surface area contributed by atoms with Crippen LogP contribution in [0.25, 0.3) is 0 Å². The van der Waals surface area contributed by atoms with Crippen molar-refractivity contribution in [3.05, 3.63) is 0 Å². The van der Waals surface area contributed by atoms with Gasteiger partial charge in [0.25, 0.3) is 0 Å². The Morgan fingerprint density at radius 1 is 1.40 bits per heavy atom. The third kappa shape index (κ3) is 10.9. The topological polar surface area (TPSA) is 61.3 Å².